The van der Waals surface area contributed by atoms with Gasteiger partial charge in [-0.15, -0.1) is 0 Å². The van der Waals surface area contributed by atoms with E-state index in [4.69, 9.17) is 34.8 Å². The topological polar surface area (TPSA) is 51.2 Å². The van der Waals surface area contributed by atoms with Crippen molar-refractivity contribution in [1.82, 2.24) is 4.98 Å². The first-order valence-corrected chi connectivity index (χ1v) is 7.83. The van der Waals surface area contributed by atoms with Crippen LogP contribution in [0.2, 0.25) is 0 Å². The van der Waals surface area contributed by atoms with Gasteiger partial charge in [0.15, 0.2) is 0 Å². The molecular formula is C15H10Cl3F3N2O2. The maximum atomic E-state index is 12.9. The van der Waals surface area contributed by atoms with E-state index < -0.39 is 28.2 Å². The van der Waals surface area contributed by atoms with E-state index in [0.717, 1.165) is 6.07 Å². The summed E-state index contributed by atoms with van der Waals surface area (Å²) in [4.78, 5) is 15.6. The summed E-state index contributed by atoms with van der Waals surface area (Å²) >= 11 is 16.4. The number of halogens is 6. The quantitative estimate of drug-likeness (QED) is 0.658. The Morgan fingerprint density at radius 1 is 1.16 bits per heavy atom. The van der Waals surface area contributed by atoms with Gasteiger partial charge in [0.05, 0.1) is 16.9 Å². The number of anilines is 1. The van der Waals surface area contributed by atoms with Gasteiger partial charge in [-0.2, -0.15) is 13.2 Å². The second-order valence-corrected chi connectivity index (χ2v) is 7.32. The van der Waals surface area contributed by atoms with Gasteiger partial charge in [-0.1, -0.05) is 65.1 Å². The van der Waals surface area contributed by atoms with Crippen LogP contribution in [0.4, 0.5) is 23.7 Å². The van der Waals surface area contributed by atoms with Crippen LogP contribution >= 0.6 is 34.8 Å². The molecule has 25 heavy (non-hydrogen) atoms. The third-order valence-electron chi connectivity index (χ3n) is 2.87. The van der Waals surface area contributed by atoms with Crippen LogP contribution in [0.5, 0.6) is 0 Å². The van der Waals surface area contributed by atoms with Crippen LogP contribution in [0.3, 0.4) is 0 Å². The largest absolute Gasteiger partial charge is 0.445 e. The van der Waals surface area contributed by atoms with Gasteiger partial charge in [0.25, 0.3) is 0 Å². The Hall–Kier alpha value is -1.70. The molecule has 1 aromatic carbocycles. The minimum atomic E-state index is -4.62. The summed E-state index contributed by atoms with van der Waals surface area (Å²) in [5.74, 6) is 0. The predicted octanol–water partition coefficient (Wildman–Crippen LogP) is 5.69. The molecule has 0 aliphatic rings. The lowest BCUT2D eigenvalue weighted by atomic mass is 10.1. The molecule has 0 unspecified atom stereocenters. The molecule has 0 saturated carbocycles. The molecule has 0 bridgehead atoms. The van der Waals surface area contributed by atoms with Crippen molar-refractivity contribution in [1.29, 1.82) is 0 Å². The van der Waals surface area contributed by atoms with Crippen molar-refractivity contribution in [3.8, 4) is 11.3 Å². The maximum Gasteiger partial charge on any atom is 0.417 e. The molecule has 1 heterocycles. The number of amides is 1. The van der Waals surface area contributed by atoms with Gasteiger partial charge in [-0.25, -0.2) is 4.79 Å². The molecule has 10 heteroatoms. The Morgan fingerprint density at radius 3 is 2.36 bits per heavy atom. The second-order valence-electron chi connectivity index (χ2n) is 4.80. The van der Waals surface area contributed by atoms with Crippen molar-refractivity contribution < 1.29 is 22.7 Å². The molecule has 0 spiro atoms. The lowest BCUT2D eigenvalue weighted by molar-refractivity contribution is -0.137. The summed E-state index contributed by atoms with van der Waals surface area (Å²) in [6.07, 6.45) is -5.02. The number of hydrogen-bond acceptors (Lipinski definition) is 3. The fourth-order valence-corrected chi connectivity index (χ4v) is 2.00. The highest BCUT2D eigenvalue weighted by atomic mass is 35.6. The zero-order chi connectivity index (χ0) is 18.7. The zero-order valence-electron chi connectivity index (χ0n) is 12.3. The first kappa shape index (κ1) is 19.6. The first-order chi connectivity index (χ1) is 11.6. The minimum absolute atomic E-state index is 0.138. The summed E-state index contributed by atoms with van der Waals surface area (Å²) in [6.45, 7) is -0.573. The Labute approximate surface area is 155 Å². The average molecular weight is 414 g/mol. The number of rotatable bonds is 3. The molecular weight excluding hydrogens is 404 g/mol. The molecule has 0 aliphatic carbocycles. The predicted molar refractivity (Wildman–Crippen MR) is 89.9 cm³/mol. The van der Waals surface area contributed by atoms with Gasteiger partial charge < -0.3 is 4.74 Å². The van der Waals surface area contributed by atoms with E-state index >= 15 is 0 Å². The third-order valence-corrected chi connectivity index (χ3v) is 3.19. The van der Waals surface area contributed by atoms with Crippen LogP contribution in [0.1, 0.15) is 5.56 Å². The first-order valence-electron chi connectivity index (χ1n) is 6.69. The minimum Gasteiger partial charge on any atom is -0.445 e. The highest BCUT2D eigenvalue weighted by Gasteiger charge is 2.32. The summed E-state index contributed by atoms with van der Waals surface area (Å²) in [5, 5.41) is 2.19. The molecule has 0 aliphatic heterocycles. The number of nitrogens with zero attached hydrogens (tertiary/aromatic N) is 1. The molecule has 2 rings (SSSR count). The second kappa shape index (κ2) is 7.68. The van der Waals surface area contributed by atoms with Gasteiger partial charge >= 0.3 is 12.3 Å². The van der Waals surface area contributed by atoms with E-state index in [0.29, 0.717) is 11.8 Å². The summed E-state index contributed by atoms with van der Waals surface area (Å²) < 4.78 is 41.6. The Morgan fingerprint density at radius 2 is 1.80 bits per heavy atom. The molecule has 1 amide bonds. The van der Waals surface area contributed by atoms with Gasteiger partial charge in [0.2, 0.25) is 3.79 Å². The lowest BCUT2D eigenvalue weighted by Gasteiger charge is -2.15. The molecule has 0 fully saturated rings. The van der Waals surface area contributed by atoms with Crippen LogP contribution in [-0.4, -0.2) is 21.5 Å². The highest BCUT2D eigenvalue weighted by molar-refractivity contribution is 6.67. The molecule has 4 nitrogen and oxygen atoms in total. The SMILES string of the molecule is O=C(Nc1cc(C(F)(F)F)cnc1-c1ccccc1)OCC(Cl)(Cl)Cl. The van der Waals surface area contributed by atoms with Crippen molar-refractivity contribution in [3.63, 3.8) is 0 Å². The molecule has 0 saturated heterocycles. The number of aromatic nitrogens is 1. The van der Waals surface area contributed by atoms with Crippen molar-refractivity contribution in [2.45, 2.75) is 9.97 Å². The molecule has 0 atom stereocenters. The molecule has 1 aromatic heterocycles. The molecule has 2 aromatic rings. The summed E-state index contributed by atoms with van der Waals surface area (Å²) in [6, 6.07) is 9.11. The monoisotopic (exact) mass is 412 g/mol. The van der Waals surface area contributed by atoms with Gasteiger partial charge in [-0.3, -0.25) is 10.3 Å². The number of carbonyl (C=O) groups is 1. The van der Waals surface area contributed by atoms with Crippen LogP contribution in [0.25, 0.3) is 11.3 Å². The average Bonchev–Trinajstić information content (AvgIpc) is 2.52. The van der Waals surface area contributed by atoms with Gasteiger partial charge in [-0.05, 0) is 6.07 Å². The number of nitrogens with one attached hydrogen (secondary N) is 1. The van der Waals surface area contributed by atoms with Crippen LogP contribution in [0, 0.1) is 0 Å². The standard InChI is InChI=1S/C15H10Cl3F3N2O2/c16-14(17,18)8-25-13(24)23-11-6-10(15(19,20)21)7-22-12(11)9-4-2-1-3-5-9/h1-7H,8H2,(H,23,24). The van der Waals surface area contributed by atoms with E-state index in [1.165, 1.54) is 0 Å². The summed E-state index contributed by atoms with van der Waals surface area (Å²) in [5.41, 5.74) is -0.563. The van der Waals surface area contributed by atoms with Crippen LogP contribution < -0.4 is 5.32 Å². The van der Waals surface area contributed by atoms with Crippen molar-refractivity contribution in [2.24, 2.45) is 0 Å². The van der Waals surface area contributed by atoms with E-state index in [-0.39, 0.29) is 11.4 Å². The van der Waals surface area contributed by atoms with Crippen LogP contribution in [0.15, 0.2) is 42.6 Å². The fraction of sp³-hybridized carbons (Fsp3) is 0.200. The zero-order valence-corrected chi connectivity index (χ0v) is 14.5. The molecule has 0 radical (unpaired) electrons. The molecule has 1 N–H and O–H groups in total. The van der Waals surface area contributed by atoms with Gasteiger partial charge in [0.1, 0.15) is 6.61 Å². The van der Waals surface area contributed by atoms with Crippen molar-refractivity contribution >= 4 is 46.6 Å². The fourth-order valence-electron chi connectivity index (χ4n) is 1.83. The van der Waals surface area contributed by atoms with Gasteiger partial charge in [0, 0.05) is 11.8 Å². The van der Waals surface area contributed by atoms with Crippen molar-refractivity contribution in [3.05, 3.63) is 48.2 Å². The number of hydrogen-bond donors (Lipinski definition) is 1. The van der Waals surface area contributed by atoms with Crippen LogP contribution in [-0.2, 0) is 10.9 Å². The van der Waals surface area contributed by atoms with E-state index in [1.807, 2.05) is 0 Å². The number of ether oxygens (including phenoxy) is 1. The number of carbonyl (C=O) groups excluding carboxylic acids is 1. The number of alkyl halides is 6. The normalized spacial score (nSPS) is 11.9. The highest BCUT2D eigenvalue weighted by Crippen LogP contribution is 2.34. The molecule has 134 valence electrons. The van der Waals surface area contributed by atoms with E-state index in [9.17, 15) is 18.0 Å². The lowest BCUT2D eigenvalue weighted by Crippen LogP contribution is -2.22. The van der Waals surface area contributed by atoms with Crippen molar-refractivity contribution in [2.75, 3.05) is 11.9 Å². The van der Waals surface area contributed by atoms with E-state index in [2.05, 4.69) is 15.0 Å². The van der Waals surface area contributed by atoms with E-state index in [1.54, 1.807) is 30.3 Å². The number of pyridine rings is 1. The smallest absolute Gasteiger partial charge is 0.417 e. The Kier molecular flexibility index (Phi) is 6.03. The number of benzene rings is 1. The summed E-state index contributed by atoms with van der Waals surface area (Å²) in [7, 11) is 0. The Bertz CT molecular complexity index is 750. The maximum absolute atomic E-state index is 12.9. The Balaban J connectivity index is 2.33. The third kappa shape index (κ3) is 5.95.